The van der Waals surface area contributed by atoms with Gasteiger partial charge in [-0.25, -0.2) is 0 Å². The van der Waals surface area contributed by atoms with Gasteiger partial charge in [0.1, 0.15) is 11.4 Å². The van der Waals surface area contributed by atoms with Gasteiger partial charge in [0.25, 0.3) is 0 Å². The molecule has 1 fully saturated rings. The van der Waals surface area contributed by atoms with Crippen molar-refractivity contribution in [2.75, 3.05) is 0 Å². The average Bonchev–Trinajstić information content (AvgIpc) is 2.64. The fourth-order valence-electron chi connectivity index (χ4n) is 4.95. The molecule has 2 aliphatic carbocycles. The van der Waals surface area contributed by atoms with E-state index in [1.807, 2.05) is 25.1 Å². The van der Waals surface area contributed by atoms with E-state index < -0.39 is 11.0 Å². The summed E-state index contributed by atoms with van der Waals surface area (Å²) in [6.45, 7) is 2.03. The Morgan fingerprint density at radius 3 is 2.54 bits per heavy atom. The van der Waals surface area contributed by atoms with Crippen molar-refractivity contribution >= 4 is 11.6 Å². The minimum absolute atomic E-state index is 0.0327. The molecule has 2 N–H and O–H groups in total. The first kappa shape index (κ1) is 17.0. The van der Waals surface area contributed by atoms with E-state index in [0.29, 0.717) is 17.5 Å². The SMILES string of the molecule is CCC12CC(=O)C(O)(c3ccccc3)C[C@H]1CC(=O)c1cc(O)ccc12. The highest BCUT2D eigenvalue weighted by Gasteiger charge is 2.56. The summed E-state index contributed by atoms with van der Waals surface area (Å²) in [6.07, 6.45) is 1.44. The molecule has 4 heteroatoms. The van der Waals surface area contributed by atoms with E-state index in [0.717, 1.165) is 5.56 Å². The number of aliphatic hydroxyl groups is 1. The van der Waals surface area contributed by atoms with Crippen LogP contribution in [0.1, 0.15) is 54.1 Å². The molecule has 2 unspecified atom stereocenters. The molecule has 4 nitrogen and oxygen atoms in total. The van der Waals surface area contributed by atoms with Gasteiger partial charge < -0.3 is 10.2 Å². The molecule has 4 rings (SSSR count). The second-order valence-electron chi connectivity index (χ2n) is 7.59. The molecule has 134 valence electrons. The zero-order chi connectivity index (χ0) is 18.5. The normalized spacial score (nSPS) is 30.6. The molecule has 0 heterocycles. The van der Waals surface area contributed by atoms with Crippen molar-refractivity contribution in [3.05, 3.63) is 65.2 Å². The lowest BCUT2D eigenvalue weighted by Crippen LogP contribution is -2.54. The molecule has 26 heavy (non-hydrogen) atoms. The summed E-state index contributed by atoms with van der Waals surface area (Å²) in [5.41, 5.74) is -0.0591. The van der Waals surface area contributed by atoms with Crippen LogP contribution in [0.15, 0.2) is 48.5 Å². The van der Waals surface area contributed by atoms with E-state index >= 15 is 0 Å². The molecule has 2 aromatic carbocycles. The lowest BCUT2D eigenvalue weighted by atomic mass is 9.52. The van der Waals surface area contributed by atoms with Crippen LogP contribution in [0.3, 0.4) is 0 Å². The third-order valence-corrected chi connectivity index (χ3v) is 6.41. The van der Waals surface area contributed by atoms with Crippen LogP contribution in [0.4, 0.5) is 0 Å². The maximum absolute atomic E-state index is 13.1. The number of aromatic hydroxyl groups is 1. The smallest absolute Gasteiger partial charge is 0.169 e. The molecule has 0 aromatic heterocycles. The third kappa shape index (κ3) is 2.25. The molecule has 0 spiro atoms. The second kappa shape index (κ2) is 5.78. The van der Waals surface area contributed by atoms with Gasteiger partial charge in [0.2, 0.25) is 0 Å². The summed E-state index contributed by atoms with van der Waals surface area (Å²) in [5.74, 6) is -0.283. The number of phenols is 1. The summed E-state index contributed by atoms with van der Waals surface area (Å²) in [7, 11) is 0. The van der Waals surface area contributed by atoms with Gasteiger partial charge in [0.15, 0.2) is 11.6 Å². The molecule has 2 aromatic rings. The number of Topliss-reactive ketones (excluding diaryl/α,β-unsaturated/α-hetero) is 2. The summed E-state index contributed by atoms with van der Waals surface area (Å²) in [6, 6.07) is 13.9. The van der Waals surface area contributed by atoms with Crippen molar-refractivity contribution in [3.8, 4) is 5.75 Å². The van der Waals surface area contributed by atoms with Crippen molar-refractivity contribution < 1.29 is 19.8 Å². The third-order valence-electron chi connectivity index (χ3n) is 6.41. The first-order valence-corrected chi connectivity index (χ1v) is 9.08. The van der Waals surface area contributed by atoms with Crippen LogP contribution in [0.5, 0.6) is 5.75 Å². The number of hydrogen-bond acceptors (Lipinski definition) is 4. The summed E-state index contributed by atoms with van der Waals surface area (Å²) >= 11 is 0. The van der Waals surface area contributed by atoms with E-state index in [-0.39, 0.29) is 42.5 Å². The van der Waals surface area contributed by atoms with Crippen LogP contribution in [0, 0.1) is 5.92 Å². The molecule has 2 aliphatic rings. The number of hydrogen-bond donors (Lipinski definition) is 2. The van der Waals surface area contributed by atoms with Gasteiger partial charge in [-0.3, -0.25) is 9.59 Å². The van der Waals surface area contributed by atoms with E-state index in [4.69, 9.17) is 0 Å². The number of phenolic OH excluding ortho intramolecular Hbond substituents is 1. The molecule has 0 bridgehead atoms. The maximum atomic E-state index is 13.1. The van der Waals surface area contributed by atoms with Crippen molar-refractivity contribution in [2.45, 2.75) is 43.6 Å². The summed E-state index contributed by atoms with van der Waals surface area (Å²) < 4.78 is 0. The van der Waals surface area contributed by atoms with Gasteiger partial charge in [0.05, 0.1) is 0 Å². The Kier molecular flexibility index (Phi) is 3.77. The summed E-state index contributed by atoms with van der Waals surface area (Å²) in [5, 5.41) is 21.0. The second-order valence-corrected chi connectivity index (χ2v) is 7.59. The van der Waals surface area contributed by atoms with Crippen molar-refractivity contribution in [2.24, 2.45) is 5.92 Å². The lowest BCUT2D eigenvalue weighted by Gasteiger charge is -2.51. The first-order valence-electron chi connectivity index (χ1n) is 9.08. The van der Waals surface area contributed by atoms with Crippen LogP contribution in [0.2, 0.25) is 0 Å². The monoisotopic (exact) mass is 350 g/mol. The molecule has 1 saturated carbocycles. The van der Waals surface area contributed by atoms with E-state index in [1.165, 1.54) is 6.07 Å². The Morgan fingerprint density at radius 2 is 1.85 bits per heavy atom. The fourth-order valence-corrected chi connectivity index (χ4v) is 4.95. The average molecular weight is 350 g/mol. The Morgan fingerprint density at radius 1 is 1.12 bits per heavy atom. The number of rotatable bonds is 2. The van der Waals surface area contributed by atoms with Crippen LogP contribution in [-0.4, -0.2) is 21.8 Å². The quantitative estimate of drug-likeness (QED) is 0.869. The predicted octanol–water partition coefficient (Wildman–Crippen LogP) is 3.49. The molecular formula is C22H22O4. The standard InChI is InChI=1S/C22H22O4/c1-2-21-13-20(25)22(26,14-6-4-3-5-7-14)12-15(21)10-19(24)17-11-16(23)8-9-18(17)21/h3-9,11,15,23,26H,2,10,12-13H2,1H3/t15-,21?,22?/m1/s1. The van der Waals surface area contributed by atoms with Gasteiger partial charge in [-0.2, -0.15) is 0 Å². The van der Waals surface area contributed by atoms with Crippen LogP contribution < -0.4 is 0 Å². The maximum Gasteiger partial charge on any atom is 0.169 e. The largest absolute Gasteiger partial charge is 0.508 e. The highest BCUT2D eigenvalue weighted by molar-refractivity contribution is 6.01. The fraction of sp³-hybridized carbons (Fsp3) is 0.364. The topological polar surface area (TPSA) is 74.6 Å². The van der Waals surface area contributed by atoms with Gasteiger partial charge in [-0.1, -0.05) is 43.3 Å². The van der Waals surface area contributed by atoms with E-state index in [1.54, 1.807) is 24.3 Å². The van der Waals surface area contributed by atoms with Crippen molar-refractivity contribution in [1.82, 2.24) is 0 Å². The van der Waals surface area contributed by atoms with Crippen LogP contribution in [-0.2, 0) is 15.8 Å². The number of carbonyl (C=O) groups excluding carboxylic acids is 2. The summed E-state index contributed by atoms with van der Waals surface area (Å²) in [4.78, 5) is 25.8. The molecule has 3 atom stereocenters. The Labute approximate surface area is 152 Å². The van der Waals surface area contributed by atoms with Crippen LogP contribution >= 0.6 is 0 Å². The number of benzene rings is 2. The zero-order valence-electron chi connectivity index (χ0n) is 14.7. The number of ketones is 2. The number of carbonyl (C=O) groups is 2. The minimum atomic E-state index is -1.54. The molecule has 0 amide bonds. The van der Waals surface area contributed by atoms with Gasteiger partial charge in [-0.15, -0.1) is 0 Å². The van der Waals surface area contributed by atoms with E-state index in [9.17, 15) is 19.8 Å². The minimum Gasteiger partial charge on any atom is -0.508 e. The zero-order valence-corrected chi connectivity index (χ0v) is 14.7. The van der Waals surface area contributed by atoms with Gasteiger partial charge in [-0.05, 0) is 42.0 Å². The molecular weight excluding hydrogens is 328 g/mol. The van der Waals surface area contributed by atoms with E-state index in [2.05, 4.69) is 0 Å². The van der Waals surface area contributed by atoms with Crippen molar-refractivity contribution in [3.63, 3.8) is 0 Å². The predicted molar refractivity (Wildman–Crippen MR) is 97.1 cm³/mol. The highest BCUT2D eigenvalue weighted by atomic mass is 16.3. The Hall–Kier alpha value is -2.46. The molecule has 0 aliphatic heterocycles. The molecule has 0 radical (unpaired) electrons. The van der Waals surface area contributed by atoms with Crippen LogP contribution in [0.25, 0.3) is 0 Å². The van der Waals surface area contributed by atoms with Gasteiger partial charge in [0, 0.05) is 23.8 Å². The highest BCUT2D eigenvalue weighted by Crippen LogP contribution is 2.55. The van der Waals surface area contributed by atoms with Crippen molar-refractivity contribution in [1.29, 1.82) is 0 Å². The first-order chi connectivity index (χ1) is 12.4. The lowest BCUT2D eigenvalue weighted by molar-refractivity contribution is -0.150. The van der Waals surface area contributed by atoms with Gasteiger partial charge >= 0.3 is 0 Å². The Balaban J connectivity index is 1.84. The molecule has 0 saturated heterocycles. The Bertz CT molecular complexity index is 888. The number of fused-ring (bicyclic) bond motifs is 3.